The highest BCUT2D eigenvalue weighted by atomic mass is 32.1. The van der Waals surface area contributed by atoms with Gasteiger partial charge in [-0.25, -0.2) is 9.78 Å². The summed E-state index contributed by atoms with van der Waals surface area (Å²) in [5.41, 5.74) is 1.82. The molecule has 0 aliphatic carbocycles. The fraction of sp³-hybridized carbons (Fsp3) is 0.231. The van der Waals surface area contributed by atoms with Crippen molar-refractivity contribution in [3.8, 4) is 0 Å². The molecule has 0 radical (unpaired) electrons. The fourth-order valence-electron chi connectivity index (χ4n) is 1.50. The Labute approximate surface area is 110 Å². The lowest BCUT2D eigenvalue weighted by Crippen LogP contribution is -2.30. The van der Waals surface area contributed by atoms with Gasteiger partial charge in [-0.2, -0.15) is 0 Å². The van der Waals surface area contributed by atoms with E-state index >= 15 is 0 Å². The minimum Gasteiger partial charge on any atom is -0.337 e. The van der Waals surface area contributed by atoms with Crippen LogP contribution in [-0.2, 0) is 6.42 Å². The van der Waals surface area contributed by atoms with Crippen LogP contribution in [0.1, 0.15) is 10.7 Å². The smallest absolute Gasteiger partial charge is 0.319 e. The minimum absolute atomic E-state index is 0.186. The van der Waals surface area contributed by atoms with Crippen LogP contribution in [0, 0.1) is 6.92 Å². The number of rotatable bonds is 4. The second-order valence-electron chi connectivity index (χ2n) is 3.88. The second kappa shape index (κ2) is 6.16. The molecule has 0 aliphatic heterocycles. The third-order valence-corrected chi connectivity index (χ3v) is 3.35. The van der Waals surface area contributed by atoms with Crippen molar-refractivity contribution in [2.75, 3.05) is 11.9 Å². The van der Waals surface area contributed by atoms with E-state index in [9.17, 15) is 4.79 Å². The molecule has 1 aromatic carbocycles. The zero-order chi connectivity index (χ0) is 12.8. The van der Waals surface area contributed by atoms with Gasteiger partial charge >= 0.3 is 6.03 Å². The molecule has 94 valence electrons. The number of hydrogen-bond acceptors (Lipinski definition) is 3. The highest BCUT2D eigenvalue weighted by Gasteiger charge is 2.02. The molecule has 2 aromatic rings. The molecule has 0 saturated heterocycles. The van der Waals surface area contributed by atoms with E-state index in [1.165, 1.54) is 0 Å². The van der Waals surface area contributed by atoms with Crippen LogP contribution in [0.2, 0.25) is 0 Å². The summed E-state index contributed by atoms with van der Waals surface area (Å²) in [5, 5.41) is 8.63. The highest BCUT2D eigenvalue weighted by Crippen LogP contribution is 2.08. The maximum atomic E-state index is 11.6. The van der Waals surface area contributed by atoms with Gasteiger partial charge in [0.25, 0.3) is 0 Å². The van der Waals surface area contributed by atoms with Gasteiger partial charge in [-0.05, 0) is 19.1 Å². The molecule has 0 saturated carbocycles. The van der Waals surface area contributed by atoms with Crippen LogP contribution in [-0.4, -0.2) is 17.6 Å². The first-order valence-corrected chi connectivity index (χ1v) is 6.63. The van der Waals surface area contributed by atoms with Crippen molar-refractivity contribution in [1.29, 1.82) is 0 Å². The molecule has 2 N–H and O–H groups in total. The van der Waals surface area contributed by atoms with Crippen molar-refractivity contribution >= 4 is 23.1 Å². The third-order valence-electron chi connectivity index (χ3n) is 2.32. The van der Waals surface area contributed by atoms with Gasteiger partial charge in [-0.3, -0.25) is 0 Å². The maximum absolute atomic E-state index is 11.6. The Kier molecular flexibility index (Phi) is 4.30. The van der Waals surface area contributed by atoms with Crippen LogP contribution in [0.25, 0.3) is 0 Å². The number of amides is 2. The number of carbonyl (C=O) groups is 1. The molecule has 0 unspecified atom stereocenters. The van der Waals surface area contributed by atoms with Crippen LogP contribution >= 0.6 is 11.3 Å². The van der Waals surface area contributed by atoms with Crippen molar-refractivity contribution in [3.05, 3.63) is 46.4 Å². The summed E-state index contributed by atoms with van der Waals surface area (Å²) < 4.78 is 0. The van der Waals surface area contributed by atoms with Crippen LogP contribution in [0.4, 0.5) is 10.5 Å². The van der Waals surface area contributed by atoms with E-state index in [0.717, 1.165) is 22.8 Å². The summed E-state index contributed by atoms with van der Waals surface area (Å²) in [7, 11) is 0. The van der Waals surface area contributed by atoms with Gasteiger partial charge in [0, 0.05) is 29.7 Å². The number of nitrogens with one attached hydrogen (secondary N) is 2. The highest BCUT2D eigenvalue weighted by molar-refractivity contribution is 7.09. The molecule has 4 nitrogen and oxygen atoms in total. The minimum atomic E-state index is -0.186. The maximum Gasteiger partial charge on any atom is 0.319 e. The number of nitrogens with zero attached hydrogens (tertiary/aromatic N) is 1. The zero-order valence-corrected chi connectivity index (χ0v) is 11.0. The average Bonchev–Trinajstić information content (AvgIpc) is 2.76. The molecule has 2 amide bonds. The van der Waals surface area contributed by atoms with E-state index in [1.807, 2.05) is 42.6 Å². The summed E-state index contributed by atoms with van der Waals surface area (Å²) in [6.07, 6.45) is 0.765. The zero-order valence-electron chi connectivity index (χ0n) is 10.1. The summed E-state index contributed by atoms with van der Waals surface area (Å²) in [6.45, 7) is 2.56. The Morgan fingerprint density at radius 2 is 2.11 bits per heavy atom. The van der Waals surface area contributed by atoms with Gasteiger partial charge in [0.05, 0.1) is 5.01 Å². The molecular weight excluding hydrogens is 246 g/mol. The molecule has 5 heteroatoms. The quantitative estimate of drug-likeness (QED) is 0.889. The van der Waals surface area contributed by atoms with Gasteiger partial charge in [0.15, 0.2) is 0 Å². The standard InChI is InChI=1S/C13H15N3OS/c1-10-9-18-12(15-10)7-8-14-13(17)16-11-5-3-2-4-6-11/h2-6,9H,7-8H2,1H3,(H2,14,16,17). The third kappa shape index (κ3) is 3.85. The van der Waals surface area contributed by atoms with Crippen LogP contribution in [0.3, 0.4) is 0 Å². The number of aromatic nitrogens is 1. The Balaban J connectivity index is 1.72. The second-order valence-corrected chi connectivity index (χ2v) is 4.82. The van der Waals surface area contributed by atoms with Crippen molar-refractivity contribution < 1.29 is 4.79 Å². The number of aryl methyl sites for hydroxylation is 1. The van der Waals surface area contributed by atoms with Crippen molar-refractivity contribution in [2.45, 2.75) is 13.3 Å². The molecular formula is C13H15N3OS. The van der Waals surface area contributed by atoms with Gasteiger partial charge < -0.3 is 10.6 Å². The number of carbonyl (C=O) groups excluding carboxylic acids is 1. The van der Waals surface area contributed by atoms with Crippen molar-refractivity contribution in [3.63, 3.8) is 0 Å². The van der Waals surface area contributed by atoms with E-state index in [4.69, 9.17) is 0 Å². The van der Waals surface area contributed by atoms with Crippen LogP contribution in [0.15, 0.2) is 35.7 Å². The molecule has 0 aliphatic rings. The number of para-hydroxylation sites is 1. The topological polar surface area (TPSA) is 54.0 Å². The molecule has 0 spiro atoms. The largest absolute Gasteiger partial charge is 0.337 e. The van der Waals surface area contributed by atoms with Crippen molar-refractivity contribution in [1.82, 2.24) is 10.3 Å². The van der Waals surface area contributed by atoms with E-state index in [1.54, 1.807) is 11.3 Å². The predicted molar refractivity (Wildman–Crippen MR) is 74.0 cm³/mol. The summed E-state index contributed by atoms with van der Waals surface area (Å²) in [6, 6.07) is 9.19. The normalized spacial score (nSPS) is 10.1. The molecule has 0 fully saturated rings. The number of anilines is 1. The van der Waals surface area contributed by atoms with Gasteiger partial charge in [0.1, 0.15) is 0 Å². The average molecular weight is 261 g/mol. The van der Waals surface area contributed by atoms with Crippen LogP contribution in [0.5, 0.6) is 0 Å². The summed E-state index contributed by atoms with van der Waals surface area (Å²) in [4.78, 5) is 15.9. The van der Waals surface area contributed by atoms with E-state index < -0.39 is 0 Å². The molecule has 1 aromatic heterocycles. The number of benzene rings is 1. The molecule has 2 rings (SSSR count). The Hall–Kier alpha value is -1.88. The molecule has 18 heavy (non-hydrogen) atoms. The van der Waals surface area contributed by atoms with Gasteiger partial charge in [0.2, 0.25) is 0 Å². The van der Waals surface area contributed by atoms with Gasteiger partial charge in [-0.1, -0.05) is 18.2 Å². The fourth-order valence-corrected chi connectivity index (χ4v) is 2.27. The lowest BCUT2D eigenvalue weighted by molar-refractivity contribution is 0.252. The lowest BCUT2D eigenvalue weighted by atomic mass is 10.3. The molecule has 0 bridgehead atoms. The Morgan fingerprint density at radius 1 is 1.33 bits per heavy atom. The van der Waals surface area contributed by atoms with Crippen LogP contribution < -0.4 is 10.6 Å². The SMILES string of the molecule is Cc1csc(CCNC(=O)Nc2ccccc2)n1. The monoisotopic (exact) mass is 261 g/mol. The van der Waals surface area contributed by atoms with E-state index in [-0.39, 0.29) is 6.03 Å². The van der Waals surface area contributed by atoms with E-state index in [0.29, 0.717) is 6.54 Å². The van der Waals surface area contributed by atoms with Gasteiger partial charge in [-0.15, -0.1) is 11.3 Å². The number of hydrogen-bond donors (Lipinski definition) is 2. The first kappa shape index (κ1) is 12.6. The summed E-state index contributed by atoms with van der Waals surface area (Å²) in [5.74, 6) is 0. The lowest BCUT2D eigenvalue weighted by Gasteiger charge is -2.06. The Morgan fingerprint density at radius 3 is 2.78 bits per heavy atom. The Bertz CT molecular complexity index is 510. The molecule has 1 heterocycles. The first-order chi connectivity index (χ1) is 8.74. The molecule has 0 atom stereocenters. The summed E-state index contributed by atoms with van der Waals surface area (Å²) >= 11 is 1.62. The number of urea groups is 1. The first-order valence-electron chi connectivity index (χ1n) is 5.75. The predicted octanol–water partition coefficient (Wildman–Crippen LogP) is 2.82. The van der Waals surface area contributed by atoms with Crippen molar-refractivity contribution in [2.24, 2.45) is 0 Å². The number of thiazole rings is 1. The van der Waals surface area contributed by atoms with E-state index in [2.05, 4.69) is 15.6 Å².